The Morgan fingerprint density at radius 3 is 2.78 bits per heavy atom. The van der Waals surface area contributed by atoms with Gasteiger partial charge >= 0.3 is 0 Å². The second-order valence-electron chi connectivity index (χ2n) is 6.38. The van der Waals surface area contributed by atoms with Crippen molar-refractivity contribution in [2.75, 3.05) is 33.2 Å². The summed E-state index contributed by atoms with van der Waals surface area (Å²) in [5, 5.41) is 3.52. The van der Waals surface area contributed by atoms with Crippen molar-refractivity contribution in [2.24, 2.45) is 0 Å². The molecule has 4 heteroatoms. The second kappa shape index (κ2) is 5.70. The van der Waals surface area contributed by atoms with E-state index in [1.807, 2.05) is 23.1 Å². The van der Waals surface area contributed by atoms with E-state index in [4.69, 9.17) is 0 Å². The zero-order valence-electron chi connectivity index (χ0n) is 13.4. The predicted molar refractivity (Wildman–Crippen MR) is 93.8 cm³/mol. The molecule has 0 unspecified atom stereocenters. The summed E-state index contributed by atoms with van der Waals surface area (Å²) in [5.74, 6) is 0.112. The Morgan fingerprint density at radius 2 is 1.87 bits per heavy atom. The molecule has 1 aromatic heterocycles. The average molecular weight is 307 g/mol. The molecule has 2 aromatic carbocycles. The molecule has 4 nitrogen and oxygen atoms in total. The van der Waals surface area contributed by atoms with Gasteiger partial charge in [-0.3, -0.25) is 4.79 Å². The van der Waals surface area contributed by atoms with Crippen molar-refractivity contribution in [3.05, 3.63) is 48.2 Å². The Kier molecular flexibility index (Phi) is 3.54. The number of rotatable bonds is 1. The van der Waals surface area contributed by atoms with Crippen LogP contribution in [0.15, 0.2) is 42.5 Å². The molecule has 1 aliphatic heterocycles. The van der Waals surface area contributed by atoms with E-state index in [9.17, 15) is 4.79 Å². The quantitative estimate of drug-likeness (QED) is 0.750. The standard InChI is InChI=1S/C19H21N3O/c1-21-9-4-10-22(12-11-21)19(23)18-13-16-15-6-3-2-5-14(15)7-8-17(16)20-18/h2-3,5-8,13,20H,4,9-12H2,1H3. The molecule has 1 N–H and O–H groups in total. The minimum atomic E-state index is 0.112. The van der Waals surface area contributed by atoms with Crippen LogP contribution in [0.4, 0.5) is 0 Å². The Bertz CT molecular complexity index is 867. The van der Waals surface area contributed by atoms with Crippen molar-refractivity contribution in [2.45, 2.75) is 6.42 Å². The lowest BCUT2D eigenvalue weighted by atomic mass is 10.1. The van der Waals surface area contributed by atoms with Crippen molar-refractivity contribution in [3.8, 4) is 0 Å². The maximum Gasteiger partial charge on any atom is 0.270 e. The first-order valence-corrected chi connectivity index (χ1v) is 8.21. The van der Waals surface area contributed by atoms with Gasteiger partial charge in [0.2, 0.25) is 0 Å². The predicted octanol–water partition coefficient (Wildman–Crippen LogP) is 3.10. The van der Waals surface area contributed by atoms with Gasteiger partial charge in [0.15, 0.2) is 0 Å². The van der Waals surface area contributed by atoms with Crippen molar-refractivity contribution < 1.29 is 4.79 Å². The number of carbonyl (C=O) groups excluding carboxylic acids is 1. The fraction of sp³-hybridized carbons (Fsp3) is 0.316. The van der Waals surface area contributed by atoms with Gasteiger partial charge < -0.3 is 14.8 Å². The fourth-order valence-corrected chi connectivity index (χ4v) is 3.42. The number of benzene rings is 2. The number of nitrogens with zero attached hydrogens (tertiary/aromatic N) is 2. The third-order valence-corrected chi connectivity index (χ3v) is 4.77. The summed E-state index contributed by atoms with van der Waals surface area (Å²) < 4.78 is 0. The number of nitrogens with one attached hydrogen (secondary N) is 1. The molecule has 0 atom stereocenters. The molecule has 2 heterocycles. The molecule has 1 amide bonds. The van der Waals surface area contributed by atoms with Crippen molar-refractivity contribution in [3.63, 3.8) is 0 Å². The van der Waals surface area contributed by atoms with Crippen LogP contribution in [0.25, 0.3) is 21.7 Å². The minimum Gasteiger partial charge on any atom is -0.351 e. The first kappa shape index (κ1) is 14.3. The van der Waals surface area contributed by atoms with Crippen LogP contribution in [0.5, 0.6) is 0 Å². The number of hydrogen-bond donors (Lipinski definition) is 1. The Labute approximate surface area is 135 Å². The molecule has 4 rings (SSSR count). The first-order chi connectivity index (χ1) is 11.2. The summed E-state index contributed by atoms with van der Waals surface area (Å²) in [5.41, 5.74) is 1.72. The topological polar surface area (TPSA) is 39.3 Å². The first-order valence-electron chi connectivity index (χ1n) is 8.21. The van der Waals surface area contributed by atoms with Crippen LogP contribution >= 0.6 is 0 Å². The van der Waals surface area contributed by atoms with E-state index in [-0.39, 0.29) is 5.91 Å². The van der Waals surface area contributed by atoms with E-state index in [0.29, 0.717) is 5.69 Å². The highest BCUT2D eigenvalue weighted by Crippen LogP contribution is 2.26. The van der Waals surface area contributed by atoms with E-state index in [2.05, 4.69) is 41.2 Å². The Balaban J connectivity index is 1.71. The van der Waals surface area contributed by atoms with Crippen molar-refractivity contribution >= 4 is 27.6 Å². The molecule has 23 heavy (non-hydrogen) atoms. The number of carbonyl (C=O) groups is 1. The zero-order valence-corrected chi connectivity index (χ0v) is 13.4. The molecule has 118 valence electrons. The number of fused-ring (bicyclic) bond motifs is 3. The van der Waals surface area contributed by atoms with Gasteiger partial charge in [0.05, 0.1) is 0 Å². The maximum atomic E-state index is 12.8. The summed E-state index contributed by atoms with van der Waals surface area (Å²) in [6.45, 7) is 3.63. The maximum absolute atomic E-state index is 12.8. The smallest absolute Gasteiger partial charge is 0.270 e. The van der Waals surface area contributed by atoms with Crippen LogP contribution < -0.4 is 0 Å². The van der Waals surface area contributed by atoms with Gasteiger partial charge in [-0.05, 0) is 42.9 Å². The minimum absolute atomic E-state index is 0.112. The van der Waals surface area contributed by atoms with E-state index in [0.717, 1.165) is 43.5 Å². The van der Waals surface area contributed by atoms with Crippen LogP contribution in [0, 0.1) is 0 Å². The van der Waals surface area contributed by atoms with Crippen LogP contribution in [-0.4, -0.2) is 53.9 Å². The van der Waals surface area contributed by atoms with Gasteiger partial charge in [0, 0.05) is 30.5 Å². The normalized spacial score (nSPS) is 16.8. The molecule has 1 saturated heterocycles. The van der Waals surface area contributed by atoms with Gasteiger partial charge in [-0.1, -0.05) is 30.3 Å². The summed E-state index contributed by atoms with van der Waals surface area (Å²) in [6, 6.07) is 14.5. The van der Waals surface area contributed by atoms with Gasteiger partial charge in [0.1, 0.15) is 5.69 Å². The zero-order chi connectivity index (χ0) is 15.8. The largest absolute Gasteiger partial charge is 0.351 e. The van der Waals surface area contributed by atoms with Crippen molar-refractivity contribution in [1.29, 1.82) is 0 Å². The summed E-state index contributed by atoms with van der Waals surface area (Å²) in [7, 11) is 2.11. The number of amides is 1. The molecule has 0 bridgehead atoms. The van der Waals surface area contributed by atoms with Crippen LogP contribution in [0.3, 0.4) is 0 Å². The third kappa shape index (κ3) is 2.59. The molecule has 1 aliphatic rings. The SMILES string of the molecule is CN1CCCN(C(=O)c2cc3c(ccc4ccccc43)[nH]2)CC1. The third-order valence-electron chi connectivity index (χ3n) is 4.77. The van der Waals surface area contributed by atoms with E-state index < -0.39 is 0 Å². The number of likely N-dealkylation sites (N-methyl/N-ethyl adjacent to an activating group) is 1. The molecular formula is C19H21N3O. The van der Waals surface area contributed by atoms with Crippen molar-refractivity contribution in [1.82, 2.24) is 14.8 Å². The highest BCUT2D eigenvalue weighted by molar-refractivity contribution is 6.09. The Morgan fingerprint density at radius 1 is 1.00 bits per heavy atom. The summed E-state index contributed by atoms with van der Waals surface area (Å²) in [4.78, 5) is 20.4. The van der Waals surface area contributed by atoms with Gasteiger partial charge in [-0.25, -0.2) is 0 Å². The molecular weight excluding hydrogens is 286 g/mol. The fourth-order valence-electron chi connectivity index (χ4n) is 3.42. The monoisotopic (exact) mass is 307 g/mol. The van der Waals surface area contributed by atoms with Gasteiger partial charge in [-0.2, -0.15) is 0 Å². The number of H-pyrrole nitrogens is 1. The highest BCUT2D eigenvalue weighted by Gasteiger charge is 2.20. The molecule has 0 spiro atoms. The molecule has 3 aromatic rings. The van der Waals surface area contributed by atoms with Gasteiger partial charge in [-0.15, -0.1) is 0 Å². The number of aromatic nitrogens is 1. The van der Waals surface area contributed by atoms with Crippen LogP contribution in [0.1, 0.15) is 16.9 Å². The molecule has 0 aliphatic carbocycles. The molecule has 1 fully saturated rings. The lowest BCUT2D eigenvalue weighted by Gasteiger charge is -2.19. The molecule has 0 radical (unpaired) electrons. The number of hydrogen-bond acceptors (Lipinski definition) is 2. The van der Waals surface area contributed by atoms with Crippen LogP contribution in [0.2, 0.25) is 0 Å². The summed E-state index contributed by atoms with van der Waals surface area (Å²) >= 11 is 0. The van der Waals surface area contributed by atoms with Crippen LogP contribution in [-0.2, 0) is 0 Å². The summed E-state index contributed by atoms with van der Waals surface area (Å²) in [6.07, 6.45) is 1.03. The number of aromatic amines is 1. The second-order valence-corrected chi connectivity index (χ2v) is 6.38. The lowest BCUT2D eigenvalue weighted by Crippen LogP contribution is -2.34. The molecule has 0 saturated carbocycles. The van der Waals surface area contributed by atoms with E-state index in [1.54, 1.807) is 0 Å². The van der Waals surface area contributed by atoms with Gasteiger partial charge in [0.25, 0.3) is 5.91 Å². The van der Waals surface area contributed by atoms with E-state index >= 15 is 0 Å². The van der Waals surface area contributed by atoms with E-state index in [1.165, 1.54) is 10.8 Å². The highest BCUT2D eigenvalue weighted by atomic mass is 16.2. The Hall–Kier alpha value is -2.33. The average Bonchev–Trinajstić information content (AvgIpc) is 2.90. The lowest BCUT2D eigenvalue weighted by molar-refractivity contribution is 0.0758.